The fourth-order valence-corrected chi connectivity index (χ4v) is 4.07. The number of halogens is 1. The second-order valence-corrected chi connectivity index (χ2v) is 7.47. The molecule has 2 aromatic rings. The van der Waals surface area contributed by atoms with Crippen LogP contribution in [0.1, 0.15) is 45.1 Å². The molecule has 24 heavy (non-hydrogen) atoms. The molecule has 3 rings (SSSR count). The van der Waals surface area contributed by atoms with Gasteiger partial charge in [0, 0.05) is 10.6 Å². The van der Waals surface area contributed by atoms with Gasteiger partial charge in [-0.25, -0.2) is 0 Å². The Bertz CT molecular complexity index is 747. The molecule has 1 fully saturated rings. The number of allylic oxidation sites excluding steroid dienone is 1. The van der Waals surface area contributed by atoms with Crippen LogP contribution in [0.4, 0.5) is 0 Å². The first-order valence-electron chi connectivity index (χ1n) is 8.84. The average Bonchev–Trinajstić information content (AvgIpc) is 2.60. The number of aliphatic hydroxyl groups is 1. The standard InChI is InChI=1S/C22H25ClO/c1-3-16-11-15(2)12-18(13-16)22(24)21-10-5-4-9-20(21)17-7-6-8-19(23)14-17/h4-10,14-16,24H,3,11-13H2,1-2H3/b22-18+. The van der Waals surface area contributed by atoms with Gasteiger partial charge in [0.1, 0.15) is 5.76 Å². The molecule has 0 heterocycles. The van der Waals surface area contributed by atoms with Crippen LogP contribution in [0.5, 0.6) is 0 Å². The highest BCUT2D eigenvalue weighted by Gasteiger charge is 2.24. The van der Waals surface area contributed by atoms with Crippen LogP contribution in [0.2, 0.25) is 5.02 Å². The van der Waals surface area contributed by atoms with E-state index in [9.17, 15) is 5.11 Å². The zero-order valence-electron chi connectivity index (χ0n) is 14.4. The number of hydrogen-bond acceptors (Lipinski definition) is 1. The molecule has 1 aliphatic carbocycles. The van der Waals surface area contributed by atoms with Crippen LogP contribution in [0.25, 0.3) is 16.9 Å². The van der Waals surface area contributed by atoms with Crippen molar-refractivity contribution in [1.29, 1.82) is 0 Å². The van der Waals surface area contributed by atoms with Crippen molar-refractivity contribution in [1.82, 2.24) is 0 Å². The zero-order chi connectivity index (χ0) is 17.1. The van der Waals surface area contributed by atoms with Gasteiger partial charge in [0.2, 0.25) is 0 Å². The summed E-state index contributed by atoms with van der Waals surface area (Å²) in [4.78, 5) is 0. The third-order valence-corrected chi connectivity index (χ3v) is 5.33. The molecule has 126 valence electrons. The van der Waals surface area contributed by atoms with Crippen molar-refractivity contribution in [3.63, 3.8) is 0 Å². The lowest BCUT2D eigenvalue weighted by Gasteiger charge is -2.29. The van der Waals surface area contributed by atoms with Crippen molar-refractivity contribution in [2.45, 2.75) is 39.5 Å². The van der Waals surface area contributed by atoms with E-state index in [1.165, 1.54) is 18.4 Å². The minimum atomic E-state index is 0.468. The van der Waals surface area contributed by atoms with Crippen LogP contribution in [0, 0.1) is 11.8 Å². The smallest absolute Gasteiger partial charge is 0.122 e. The molecule has 2 heteroatoms. The second kappa shape index (κ2) is 7.44. The predicted molar refractivity (Wildman–Crippen MR) is 103 cm³/mol. The first-order valence-corrected chi connectivity index (χ1v) is 9.22. The van der Waals surface area contributed by atoms with Crippen LogP contribution in [-0.4, -0.2) is 5.11 Å². The first kappa shape index (κ1) is 17.1. The van der Waals surface area contributed by atoms with E-state index in [1.807, 2.05) is 42.5 Å². The summed E-state index contributed by atoms with van der Waals surface area (Å²) in [5.41, 5.74) is 4.20. The topological polar surface area (TPSA) is 20.2 Å². The molecule has 2 unspecified atom stereocenters. The van der Waals surface area contributed by atoms with Crippen molar-refractivity contribution >= 4 is 17.4 Å². The summed E-state index contributed by atoms with van der Waals surface area (Å²) in [6.07, 6.45) is 4.45. The number of rotatable bonds is 3. The van der Waals surface area contributed by atoms with Crippen molar-refractivity contribution < 1.29 is 5.11 Å². The predicted octanol–water partition coefficient (Wildman–Crippen LogP) is 7.12. The van der Waals surface area contributed by atoms with Gasteiger partial charge in [0.25, 0.3) is 0 Å². The molecule has 1 nitrogen and oxygen atoms in total. The third-order valence-electron chi connectivity index (χ3n) is 5.10. The molecule has 0 radical (unpaired) electrons. The van der Waals surface area contributed by atoms with Crippen LogP contribution < -0.4 is 0 Å². The van der Waals surface area contributed by atoms with Crippen molar-refractivity contribution in [2.75, 3.05) is 0 Å². The van der Waals surface area contributed by atoms with E-state index in [0.717, 1.165) is 29.5 Å². The van der Waals surface area contributed by atoms with Crippen molar-refractivity contribution in [3.05, 3.63) is 64.7 Å². The highest BCUT2D eigenvalue weighted by molar-refractivity contribution is 6.30. The summed E-state index contributed by atoms with van der Waals surface area (Å²) in [5, 5.41) is 11.7. The van der Waals surface area contributed by atoms with E-state index in [1.54, 1.807) is 0 Å². The van der Waals surface area contributed by atoms with Crippen LogP contribution in [0.15, 0.2) is 54.1 Å². The molecule has 0 aromatic heterocycles. The lowest BCUT2D eigenvalue weighted by atomic mass is 9.77. The Morgan fingerprint density at radius 1 is 1.12 bits per heavy atom. The molecular formula is C22H25ClO. The Balaban J connectivity index is 2.04. The molecule has 0 spiro atoms. The SMILES string of the molecule is CCC1C/C(=C(/O)c2ccccc2-c2cccc(Cl)c2)CC(C)C1. The van der Waals surface area contributed by atoms with Crippen LogP contribution >= 0.6 is 11.6 Å². The van der Waals surface area contributed by atoms with Gasteiger partial charge < -0.3 is 5.11 Å². The number of aliphatic hydroxyl groups excluding tert-OH is 1. The molecule has 1 N–H and O–H groups in total. The summed E-state index contributed by atoms with van der Waals surface area (Å²) >= 11 is 6.16. The third kappa shape index (κ3) is 3.67. The largest absolute Gasteiger partial charge is 0.507 e. The minimum absolute atomic E-state index is 0.468. The van der Waals surface area contributed by atoms with E-state index in [2.05, 4.69) is 19.9 Å². The van der Waals surface area contributed by atoms with Crippen LogP contribution in [0.3, 0.4) is 0 Å². The van der Waals surface area contributed by atoms with Crippen molar-refractivity contribution in [3.8, 4) is 11.1 Å². The Labute approximate surface area is 150 Å². The number of hydrogen-bond donors (Lipinski definition) is 1. The van der Waals surface area contributed by atoms with Gasteiger partial charge >= 0.3 is 0 Å². The Morgan fingerprint density at radius 2 is 1.92 bits per heavy atom. The molecule has 2 aromatic carbocycles. The molecule has 0 saturated heterocycles. The highest BCUT2D eigenvalue weighted by atomic mass is 35.5. The summed E-state index contributed by atoms with van der Waals surface area (Å²) < 4.78 is 0. The molecular weight excluding hydrogens is 316 g/mol. The van der Waals surface area contributed by atoms with Crippen LogP contribution in [-0.2, 0) is 0 Å². The molecule has 1 saturated carbocycles. The van der Waals surface area contributed by atoms with Gasteiger partial charge in [-0.1, -0.05) is 68.3 Å². The Kier molecular flexibility index (Phi) is 5.30. The summed E-state index contributed by atoms with van der Waals surface area (Å²) in [5.74, 6) is 1.79. The number of benzene rings is 2. The summed E-state index contributed by atoms with van der Waals surface area (Å²) in [6.45, 7) is 4.54. The van der Waals surface area contributed by atoms with Gasteiger partial charge in [-0.15, -0.1) is 0 Å². The maximum Gasteiger partial charge on any atom is 0.122 e. The lowest BCUT2D eigenvalue weighted by Crippen LogP contribution is -2.16. The fourth-order valence-electron chi connectivity index (χ4n) is 3.88. The normalized spacial score (nSPS) is 23.1. The first-order chi connectivity index (χ1) is 11.6. The maximum atomic E-state index is 11.0. The van der Waals surface area contributed by atoms with E-state index in [-0.39, 0.29) is 0 Å². The van der Waals surface area contributed by atoms with E-state index in [4.69, 9.17) is 11.6 Å². The average molecular weight is 341 g/mol. The Hall–Kier alpha value is -1.73. The van der Waals surface area contributed by atoms with E-state index >= 15 is 0 Å². The second-order valence-electron chi connectivity index (χ2n) is 7.03. The molecule has 1 aliphatic rings. The quantitative estimate of drug-likeness (QED) is 0.589. The molecule has 0 amide bonds. The summed E-state index contributed by atoms with van der Waals surface area (Å²) in [7, 11) is 0. The highest BCUT2D eigenvalue weighted by Crippen LogP contribution is 2.39. The Morgan fingerprint density at radius 3 is 2.67 bits per heavy atom. The molecule has 0 bridgehead atoms. The minimum Gasteiger partial charge on any atom is -0.507 e. The lowest BCUT2D eigenvalue weighted by molar-refractivity contribution is 0.323. The van der Waals surface area contributed by atoms with Crippen molar-refractivity contribution in [2.24, 2.45) is 11.8 Å². The molecule has 0 aliphatic heterocycles. The van der Waals surface area contributed by atoms with Gasteiger partial charge in [-0.3, -0.25) is 0 Å². The van der Waals surface area contributed by atoms with E-state index < -0.39 is 0 Å². The van der Waals surface area contributed by atoms with Gasteiger partial charge in [0.05, 0.1) is 0 Å². The maximum absolute atomic E-state index is 11.0. The molecule has 2 atom stereocenters. The monoisotopic (exact) mass is 340 g/mol. The summed E-state index contributed by atoms with van der Waals surface area (Å²) in [6, 6.07) is 15.9. The van der Waals surface area contributed by atoms with Gasteiger partial charge in [-0.2, -0.15) is 0 Å². The van der Waals surface area contributed by atoms with E-state index in [0.29, 0.717) is 22.6 Å². The van der Waals surface area contributed by atoms with Gasteiger partial charge in [-0.05, 0) is 59.9 Å². The fraction of sp³-hybridized carbons (Fsp3) is 0.364. The van der Waals surface area contributed by atoms with Gasteiger partial charge in [0.15, 0.2) is 0 Å². The zero-order valence-corrected chi connectivity index (χ0v) is 15.2.